The maximum absolute atomic E-state index is 10.7. The first-order valence-corrected chi connectivity index (χ1v) is 5.29. The molecular weight excluding hydrogens is 184 g/mol. The van der Waals surface area contributed by atoms with E-state index >= 15 is 0 Å². The monoisotopic (exact) mass is 194 g/mol. The van der Waals surface area contributed by atoms with E-state index in [2.05, 4.69) is 9.22 Å². The molecule has 2 fully saturated rings. The van der Waals surface area contributed by atoms with Crippen LogP contribution in [0.3, 0.4) is 0 Å². The van der Waals surface area contributed by atoms with E-state index in [1.807, 2.05) is 0 Å². The molecule has 1 saturated heterocycles. The zero-order valence-electron chi connectivity index (χ0n) is 6.43. The Balaban J connectivity index is 2.08. The summed E-state index contributed by atoms with van der Waals surface area (Å²) in [6.45, 7) is 0. The third-order valence-electron chi connectivity index (χ3n) is 2.13. The van der Waals surface area contributed by atoms with Gasteiger partial charge >= 0.3 is 10.4 Å². The van der Waals surface area contributed by atoms with Gasteiger partial charge in [0.15, 0.2) is 0 Å². The van der Waals surface area contributed by atoms with Crippen molar-refractivity contribution in [2.75, 3.05) is 0 Å². The van der Waals surface area contributed by atoms with E-state index in [1.165, 1.54) is 0 Å². The Kier molecular flexibility index (Phi) is 2.07. The van der Waals surface area contributed by atoms with Crippen molar-refractivity contribution in [2.45, 2.75) is 37.9 Å². The van der Waals surface area contributed by atoms with E-state index < -0.39 is 10.4 Å². The summed E-state index contributed by atoms with van der Waals surface area (Å²) in [6.07, 6.45) is 3.02. The fraction of sp³-hybridized carbons (Fsp3) is 1.00. The summed E-state index contributed by atoms with van der Waals surface area (Å²) in [5, 5.41) is 0. The lowest BCUT2D eigenvalue weighted by Crippen LogP contribution is -2.41. The molecule has 0 radical (unpaired) electrons. The highest BCUT2D eigenvalue weighted by atomic mass is 32.3. The quantitative estimate of drug-likeness (QED) is 0.526. The maximum atomic E-state index is 10.7. The van der Waals surface area contributed by atoms with Crippen molar-refractivity contribution in [3.05, 3.63) is 0 Å². The van der Waals surface area contributed by atoms with E-state index in [1.54, 1.807) is 0 Å². The molecule has 0 amide bonds. The van der Waals surface area contributed by atoms with Gasteiger partial charge in [0.25, 0.3) is 0 Å². The lowest BCUT2D eigenvalue weighted by molar-refractivity contribution is -0.296. The van der Waals surface area contributed by atoms with E-state index in [4.69, 9.17) is 4.18 Å². The van der Waals surface area contributed by atoms with Gasteiger partial charge in [0.2, 0.25) is 0 Å². The van der Waals surface area contributed by atoms with E-state index in [0.29, 0.717) is 0 Å². The topological polar surface area (TPSA) is 61.8 Å². The summed E-state index contributed by atoms with van der Waals surface area (Å²) in [5.74, 6) is 0. The van der Waals surface area contributed by atoms with Gasteiger partial charge in [-0.2, -0.15) is 8.42 Å². The van der Waals surface area contributed by atoms with Gasteiger partial charge in [0.1, 0.15) is 12.2 Å². The van der Waals surface area contributed by atoms with Crippen LogP contribution in [0.5, 0.6) is 0 Å². The normalized spacial score (nSPS) is 40.3. The summed E-state index contributed by atoms with van der Waals surface area (Å²) in [4.78, 5) is 4.68. The Hall–Kier alpha value is -0.170. The first-order chi connectivity index (χ1) is 5.67. The molecule has 6 heteroatoms. The van der Waals surface area contributed by atoms with Gasteiger partial charge in [-0.25, -0.2) is 9.07 Å². The molecule has 0 N–H and O–H groups in total. The SMILES string of the molecule is O=S1(=O)OOC2CCCCC2O1. The average Bonchev–Trinajstić information content (AvgIpc) is 2.02. The van der Waals surface area contributed by atoms with Crippen LogP contribution in [0.4, 0.5) is 0 Å². The largest absolute Gasteiger partial charge is 0.426 e. The summed E-state index contributed by atoms with van der Waals surface area (Å²) in [5.41, 5.74) is 0. The van der Waals surface area contributed by atoms with Gasteiger partial charge < -0.3 is 0 Å². The first kappa shape index (κ1) is 8.43. The second-order valence-corrected chi connectivity index (χ2v) is 4.18. The second-order valence-electron chi connectivity index (χ2n) is 3.03. The number of hydrogen-bond donors (Lipinski definition) is 0. The fourth-order valence-corrected chi connectivity index (χ4v) is 2.30. The predicted molar refractivity (Wildman–Crippen MR) is 38.2 cm³/mol. The summed E-state index contributed by atoms with van der Waals surface area (Å²) in [7, 11) is -3.88. The Morgan fingerprint density at radius 2 is 1.75 bits per heavy atom. The fourth-order valence-electron chi connectivity index (χ4n) is 1.55. The molecule has 2 unspecified atom stereocenters. The summed E-state index contributed by atoms with van der Waals surface area (Å²) < 4.78 is 30.3. The molecule has 70 valence electrons. The highest BCUT2D eigenvalue weighted by molar-refractivity contribution is 7.81. The highest BCUT2D eigenvalue weighted by Gasteiger charge is 2.38. The van der Waals surface area contributed by atoms with Crippen LogP contribution in [0, 0.1) is 0 Å². The van der Waals surface area contributed by atoms with Crippen LogP contribution < -0.4 is 0 Å². The van der Waals surface area contributed by atoms with Crippen molar-refractivity contribution in [2.24, 2.45) is 0 Å². The predicted octanol–water partition coefficient (Wildman–Crippen LogP) is 0.521. The van der Waals surface area contributed by atoms with Crippen LogP contribution in [0.25, 0.3) is 0 Å². The Labute approximate surface area is 70.9 Å². The van der Waals surface area contributed by atoms with Crippen molar-refractivity contribution in [3.63, 3.8) is 0 Å². The molecule has 2 aliphatic rings. The van der Waals surface area contributed by atoms with Gasteiger partial charge in [-0.1, -0.05) is 17.2 Å². The van der Waals surface area contributed by atoms with Gasteiger partial charge in [-0.15, -0.1) is 0 Å². The lowest BCUT2D eigenvalue weighted by Gasteiger charge is -2.32. The van der Waals surface area contributed by atoms with E-state index in [-0.39, 0.29) is 12.2 Å². The maximum Gasteiger partial charge on any atom is 0.426 e. The molecule has 1 saturated carbocycles. The van der Waals surface area contributed by atoms with E-state index in [0.717, 1.165) is 25.7 Å². The van der Waals surface area contributed by atoms with Crippen LogP contribution in [0.2, 0.25) is 0 Å². The average molecular weight is 194 g/mol. The first-order valence-electron chi connectivity index (χ1n) is 3.95. The smallest absolute Gasteiger partial charge is 0.240 e. The molecule has 2 atom stereocenters. The number of hydrogen-bond acceptors (Lipinski definition) is 5. The molecule has 1 aliphatic carbocycles. The molecular formula is C6H10O5S. The molecule has 0 bridgehead atoms. The minimum Gasteiger partial charge on any atom is -0.240 e. The van der Waals surface area contributed by atoms with Crippen molar-refractivity contribution >= 4 is 10.4 Å². The molecule has 5 nitrogen and oxygen atoms in total. The van der Waals surface area contributed by atoms with Crippen molar-refractivity contribution in [1.29, 1.82) is 0 Å². The Morgan fingerprint density at radius 1 is 1.08 bits per heavy atom. The Morgan fingerprint density at radius 3 is 2.50 bits per heavy atom. The molecule has 12 heavy (non-hydrogen) atoms. The van der Waals surface area contributed by atoms with Crippen LogP contribution >= 0.6 is 0 Å². The van der Waals surface area contributed by atoms with Gasteiger partial charge in [-0.3, -0.25) is 0 Å². The number of fused-ring (bicyclic) bond motifs is 1. The third kappa shape index (κ3) is 1.61. The third-order valence-corrected chi connectivity index (χ3v) is 2.86. The summed E-state index contributed by atoms with van der Waals surface area (Å²) >= 11 is 0. The van der Waals surface area contributed by atoms with Crippen LogP contribution in [-0.2, 0) is 23.8 Å². The molecule has 1 heterocycles. The molecule has 2 rings (SSSR count). The van der Waals surface area contributed by atoms with Gasteiger partial charge in [-0.05, 0) is 12.8 Å². The molecule has 0 spiro atoms. The highest BCUT2D eigenvalue weighted by Crippen LogP contribution is 2.29. The molecule has 0 aromatic carbocycles. The van der Waals surface area contributed by atoms with Crippen molar-refractivity contribution in [3.8, 4) is 0 Å². The molecule has 0 aromatic rings. The van der Waals surface area contributed by atoms with Gasteiger partial charge in [0, 0.05) is 0 Å². The zero-order chi connectivity index (χ0) is 8.60. The van der Waals surface area contributed by atoms with Crippen LogP contribution in [0.15, 0.2) is 0 Å². The van der Waals surface area contributed by atoms with Crippen molar-refractivity contribution in [1.82, 2.24) is 0 Å². The molecule has 1 aliphatic heterocycles. The van der Waals surface area contributed by atoms with Gasteiger partial charge in [0.05, 0.1) is 0 Å². The summed E-state index contributed by atoms with van der Waals surface area (Å²) in [6, 6.07) is 0. The lowest BCUT2D eigenvalue weighted by atomic mass is 9.95. The minimum absolute atomic E-state index is 0.206. The second kappa shape index (κ2) is 2.95. The van der Waals surface area contributed by atoms with Crippen LogP contribution in [0.1, 0.15) is 25.7 Å². The number of rotatable bonds is 0. The molecule has 0 aromatic heterocycles. The standard InChI is InChI=1S/C6H10O5S/c7-12(8)10-6-4-2-1-3-5(6)9-11-12/h5-6H,1-4H2. The van der Waals surface area contributed by atoms with E-state index in [9.17, 15) is 8.42 Å². The van der Waals surface area contributed by atoms with Crippen LogP contribution in [-0.4, -0.2) is 20.6 Å². The zero-order valence-corrected chi connectivity index (χ0v) is 7.25. The Bertz CT molecular complexity index is 259. The van der Waals surface area contributed by atoms with Crippen molar-refractivity contribution < 1.29 is 21.8 Å². The minimum atomic E-state index is -3.88.